The molecule has 0 bridgehead atoms. The minimum atomic E-state index is 0.318. The van der Waals surface area contributed by atoms with Crippen molar-refractivity contribution in [3.63, 3.8) is 0 Å². The molecule has 0 radical (unpaired) electrons. The highest BCUT2D eigenvalue weighted by molar-refractivity contribution is 5.88. The molecule has 4 aromatic rings. The number of aromatic amines is 1. The molecule has 0 atom stereocenters. The third-order valence-corrected chi connectivity index (χ3v) is 3.22. The summed E-state index contributed by atoms with van der Waals surface area (Å²) in [5, 5.41) is 4.20. The molecule has 3 heterocycles. The van der Waals surface area contributed by atoms with Crippen LogP contribution in [0, 0.1) is 0 Å². The Morgan fingerprint density at radius 3 is 2.57 bits per heavy atom. The summed E-state index contributed by atoms with van der Waals surface area (Å²) in [6, 6.07) is 11.5. The number of aromatic nitrogens is 5. The fourth-order valence-corrected chi connectivity index (χ4v) is 2.16. The van der Waals surface area contributed by atoms with Crippen LogP contribution < -0.4 is 10.1 Å². The number of hydrogen-bond acceptors (Lipinski definition) is 6. The summed E-state index contributed by atoms with van der Waals surface area (Å²) in [5.74, 6) is 1.41. The standard InChI is InChI=1S/C16H12N6O/c1-7-18-16(19-8-1)23-12-4-2-11(3-5-12)22-15-13-6-9-17-14(13)20-10-21-15/h1-10H,(H2,17,20,21,22). The number of fused-ring (bicyclic) bond motifs is 1. The lowest BCUT2D eigenvalue weighted by atomic mass is 10.3. The van der Waals surface area contributed by atoms with Gasteiger partial charge in [0.2, 0.25) is 0 Å². The van der Waals surface area contributed by atoms with Crippen molar-refractivity contribution in [2.75, 3.05) is 5.32 Å². The number of anilines is 2. The van der Waals surface area contributed by atoms with Crippen LogP contribution in [0.15, 0.2) is 61.3 Å². The first-order chi connectivity index (χ1) is 11.4. The molecule has 1 aromatic carbocycles. The lowest BCUT2D eigenvalue weighted by molar-refractivity contribution is 0.442. The molecule has 0 saturated heterocycles. The van der Waals surface area contributed by atoms with E-state index in [1.54, 1.807) is 18.5 Å². The Bertz CT molecular complexity index is 920. The van der Waals surface area contributed by atoms with E-state index in [1.165, 1.54) is 6.33 Å². The predicted molar refractivity (Wildman–Crippen MR) is 85.7 cm³/mol. The minimum absolute atomic E-state index is 0.318. The molecular weight excluding hydrogens is 292 g/mol. The molecule has 23 heavy (non-hydrogen) atoms. The van der Waals surface area contributed by atoms with Gasteiger partial charge in [0.05, 0.1) is 5.39 Å². The molecule has 0 unspecified atom stereocenters. The summed E-state index contributed by atoms with van der Waals surface area (Å²) < 4.78 is 5.56. The lowest BCUT2D eigenvalue weighted by Crippen LogP contribution is -1.95. The van der Waals surface area contributed by atoms with E-state index in [0.29, 0.717) is 11.8 Å². The van der Waals surface area contributed by atoms with Gasteiger partial charge in [-0.1, -0.05) is 0 Å². The second-order valence-corrected chi connectivity index (χ2v) is 4.75. The average Bonchev–Trinajstić information content (AvgIpc) is 3.07. The number of nitrogens with one attached hydrogen (secondary N) is 2. The molecule has 112 valence electrons. The van der Waals surface area contributed by atoms with Crippen LogP contribution in [0.1, 0.15) is 0 Å². The van der Waals surface area contributed by atoms with Crippen LogP contribution >= 0.6 is 0 Å². The Labute approximate surface area is 131 Å². The van der Waals surface area contributed by atoms with Gasteiger partial charge in [-0.3, -0.25) is 0 Å². The topological polar surface area (TPSA) is 88.6 Å². The van der Waals surface area contributed by atoms with E-state index in [-0.39, 0.29) is 0 Å². The predicted octanol–water partition coefficient (Wildman–Crippen LogP) is 3.28. The summed E-state index contributed by atoms with van der Waals surface area (Å²) in [7, 11) is 0. The number of nitrogens with zero attached hydrogens (tertiary/aromatic N) is 4. The van der Waals surface area contributed by atoms with E-state index in [4.69, 9.17) is 4.74 Å². The largest absolute Gasteiger partial charge is 0.424 e. The van der Waals surface area contributed by atoms with E-state index < -0.39 is 0 Å². The van der Waals surface area contributed by atoms with Crippen molar-refractivity contribution >= 4 is 22.5 Å². The SMILES string of the molecule is c1cnc(Oc2ccc(Nc3ncnc4[nH]ccc34)cc2)nc1. The smallest absolute Gasteiger partial charge is 0.321 e. The van der Waals surface area contributed by atoms with Gasteiger partial charge in [-0.05, 0) is 36.4 Å². The molecule has 4 rings (SSSR count). The molecule has 0 aliphatic rings. The average molecular weight is 304 g/mol. The fraction of sp³-hybridized carbons (Fsp3) is 0. The summed E-state index contributed by atoms with van der Waals surface area (Å²) in [5.41, 5.74) is 1.69. The van der Waals surface area contributed by atoms with Crippen LogP contribution in [0.3, 0.4) is 0 Å². The zero-order valence-corrected chi connectivity index (χ0v) is 12.0. The minimum Gasteiger partial charge on any atom is -0.424 e. The maximum absolute atomic E-state index is 5.56. The zero-order valence-electron chi connectivity index (χ0n) is 12.0. The van der Waals surface area contributed by atoms with E-state index in [9.17, 15) is 0 Å². The van der Waals surface area contributed by atoms with Gasteiger partial charge in [0.25, 0.3) is 0 Å². The highest BCUT2D eigenvalue weighted by Crippen LogP contribution is 2.24. The number of rotatable bonds is 4. The van der Waals surface area contributed by atoms with Gasteiger partial charge < -0.3 is 15.0 Å². The van der Waals surface area contributed by atoms with E-state index in [2.05, 4.69) is 30.2 Å². The molecule has 0 aliphatic heterocycles. The van der Waals surface area contributed by atoms with E-state index in [0.717, 1.165) is 22.5 Å². The van der Waals surface area contributed by atoms with Crippen molar-refractivity contribution in [3.05, 3.63) is 61.3 Å². The Balaban J connectivity index is 1.53. The highest BCUT2D eigenvalue weighted by Gasteiger charge is 2.05. The van der Waals surface area contributed by atoms with E-state index in [1.807, 2.05) is 36.5 Å². The molecule has 7 heteroatoms. The van der Waals surface area contributed by atoms with Crippen LogP contribution in [-0.4, -0.2) is 24.9 Å². The van der Waals surface area contributed by atoms with Gasteiger partial charge in [-0.25, -0.2) is 19.9 Å². The molecule has 0 aliphatic carbocycles. The van der Waals surface area contributed by atoms with Crippen molar-refractivity contribution < 1.29 is 4.74 Å². The molecule has 0 saturated carbocycles. The molecule has 2 N–H and O–H groups in total. The van der Waals surface area contributed by atoms with Gasteiger partial charge in [-0.2, -0.15) is 0 Å². The van der Waals surface area contributed by atoms with Gasteiger partial charge in [0, 0.05) is 24.3 Å². The Hall–Kier alpha value is -3.48. The highest BCUT2D eigenvalue weighted by atomic mass is 16.5. The first kappa shape index (κ1) is 13.2. The normalized spacial score (nSPS) is 10.6. The van der Waals surface area contributed by atoms with Crippen LogP contribution in [0.25, 0.3) is 11.0 Å². The molecule has 0 amide bonds. The third kappa shape index (κ3) is 2.80. The summed E-state index contributed by atoms with van der Waals surface area (Å²) in [4.78, 5) is 19.5. The zero-order chi connectivity index (χ0) is 15.5. The molecule has 7 nitrogen and oxygen atoms in total. The first-order valence-electron chi connectivity index (χ1n) is 6.98. The second kappa shape index (κ2) is 5.72. The van der Waals surface area contributed by atoms with Crippen LogP contribution in [0.5, 0.6) is 11.8 Å². The van der Waals surface area contributed by atoms with Crippen LogP contribution in [0.2, 0.25) is 0 Å². The second-order valence-electron chi connectivity index (χ2n) is 4.75. The number of hydrogen-bond donors (Lipinski definition) is 2. The first-order valence-corrected chi connectivity index (χ1v) is 6.98. The van der Waals surface area contributed by atoms with Crippen molar-refractivity contribution in [2.24, 2.45) is 0 Å². The van der Waals surface area contributed by atoms with Gasteiger partial charge in [0.15, 0.2) is 0 Å². The number of ether oxygens (including phenoxy) is 1. The Morgan fingerprint density at radius 1 is 0.913 bits per heavy atom. The molecule has 3 aromatic heterocycles. The number of benzene rings is 1. The molecule has 0 fully saturated rings. The maximum atomic E-state index is 5.56. The summed E-state index contributed by atoms with van der Waals surface area (Å²) in [6.45, 7) is 0. The van der Waals surface area contributed by atoms with Crippen molar-refractivity contribution in [3.8, 4) is 11.8 Å². The van der Waals surface area contributed by atoms with E-state index >= 15 is 0 Å². The van der Waals surface area contributed by atoms with Gasteiger partial charge in [-0.15, -0.1) is 0 Å². The van der Waals surface area contributed by atoms with Gasteiger partial charge in [0.1, 0.15) is 23.5 Å². The number of H-pyrrole nitrogens is 1. The molecule has 0 spiro atoms. The quantitative estimate of drug-likeness (QED) is 0.601. The van der Waals surface area contributed by atoms with Crippen molar-refractivity contribution in [2.45, 2.75) is 0 Å². The third-order valence-electron chi connectivity index (χ3n) is 3.22. The van der Waals surface area contributed by atoms with Crippen LogP contribution in [0.4, 0.5) is 11.5 Å². The lowest BCUT2D eigenvalue weighted by Gasteiger charge is -2.08. The summed E-state index contributed by atoms with van der Waals surface area (Å²) in [6.07, 6.45) is 6.62. The van der Waals surface area contributed by atoms with Crippen molar-refractivity contribution in [1.82, 2.24) is 24.9 Å². The van der Waals surface area contributed by atoms with Gasteiger partial charge >= 0.3 is 6.01 Å². The van der Waals surface area contributed by atoms with Crippen LogP contribution in [-0.2, 0) is 0 Å². The summed E-state index contributed by atoms with van der Waals surface area (Å²) >= 11 is 0. The van der Waals surface area contributed by atoms with Crippen molar-refractivity contribution in [1.29, 1.82) is 0 Å². The fourth-order valence-electron chi connectivity index (χ4n) is 2.16. The molecular formula is C16H12N6O. The maximum Gasteiger partial charge on any atom is 0.321 e. The Morgan fingerprint density at radius 2 is 1.74 bits per heavy atom. The monoisotopic (exact) mass is 304 g/mol. The Kier molecular flexibility index (Phi) is 3.28.